The summed E-state index contributed by atoms with van der Waals surface area (Å²) < 4.78 is 44.7. The Hall–Kier alpha value is -1.43. The van der Waals surface area contributed by atoms with E-state index in [4.69, 9.17) is 16.3 Å². The van der Waals surface area contributed by atoms with Crippen molar-refractivity contribution in [2.45, 2.75) is 18.7 Å². The van der Waals surface area contributed by atoms with Gasteiger partial charge in [-0.3, -0.25) is 4.79 Å². The minimum absolute atomic E-state index is 0.156. The molecule has 0 fully saturated rings. The quantitative estimate of drug-likeness (QED) is 0.627. The van der Waals surface area contributed by atoms with Gasteiger partial charge in [0.15, 0.2) is 17.3 Å². The summed E-state index contributed by atoms with van der Waals surface area (Å²) in [5.41, 5.74) is 0.156. The first-order chi connectivity index (χ1) is 8.24. The number of ether oxygens (including phenoxy) is 2. The van der Waals surface area contributed by atoms with E-state index >= 15 is 0 Å². The highest BCUT2D eigenvalue weighted by Gasteiger charge is 2.32. The molecule has 1 atom stereocenters. The van der Waals surface area contributed by atoms with Crippen molar-refractivity contribution in [3.8, 4) is 11.5 Å². The normalized spacial score (nSPS) is 13.0. The SMILES string of the molecule is COc1cc(C(=O)C(C)Cl)ccc1OC(F)(F)F. The predicted octanol–water partition coefficient (Wildman–Crippen LogP) is 3.40. The lowest BCUT2D eigenvalue weighted by atomic mass is 10.1. The fraction of sp³-hybridized carbons (Fsp3) is 0.364. The third kappa shape index (κ3) is 3.80. The lowest BCUT2D eigenvalue weighted by Gasteiger charge is -2.13. The van der Waals surface area contributed by atoms with Gasteiger partial charge in [0.25, 0.3) is 0 Å². The molecule has 1 rings (SSSR count). The number of carbonyl (C=O) groups excluding carboxylic acids is 1. The lowest BCUT2D eigenvalue weighted by Crippen LogP contribution is -2.18. The summed E-state index contributed by atoms with van der Waals surface area (Å²) in [6, 6.07) is 3.37. The van der Waals surface area contributed by atoms with E-state index in [9.17, 15) is 18.0 Å². The number of methoxy groups -OCH3 is 1. The van der Waals surface area contributed by atoms with Gasteiger partial charge in [-0.1, -0.05) is 0 Å². The summed E-state index contributed by atoms with van der Waals surface area (Å²) >= 11 is 5.60. The van der Waals surface area contributed by atoms with E-state index in [1.807, 2.05) is 0 Å². The zero-order valence-corrected chi connectivity index (χ0v) is 10.3. The van der Waals surface area contributed by atoms with Crippen LogP contribution >= 0.6 is 11.6 Å². The number of carbonyl (C=O) groups is 1. The van der Waals surface area contributed by atoms with Gasteiger partial charge in [-0.2, -0.15) is 0 Å². The van der Waals surface area contributed by atoms with Crippen LogP contribution < -0.4 is 9.47 Å². The van der Waals surface area contributed by atoms with E-state index in [2.05, 4.69) is 4.74 Å². The summed E-state index contributed by atoms with van der Waals surface area (Å²) in [5, 5.41) is -0.774. The molecule has 0 amide bonds. The molecule has 0 aromatic heterocycles. The maximum atomic E-state index is 12.1. The average Bonchev–Trinajstić information content (AvgIpc) is 2.26. The molecule has 100 valence electrons. The van der Waals surface area contributed by atoms with Gasteiger partial charge in [0.1, 0.15) is 0 Å². The number of rotatable bonds is 4. The zero-order valence-electron chi connectivity index (χ0n) is 9.55. The van der Waals surface area contributed by atoms with E-state index in [0.29, 0.717) is 0 Å². The summed E-state index contributed by atoms with van der Waals surface area (Å²) in [4.78, 5) is 11.6. The number of hydrogen-bond acceptors (Lipinski definition) is 3. The van der Waals surface area contributed by atoms with E-state index in [-0.39, 0.29) is 11.3 Å². The van der Waals surface area contributed by atoms with Crippen LogP contribution in [0.1, 0.15) is 17.3 Å². The van der Waals surface area contributed by atoms with Crippen LogP contribution in [0.15, 0.2) is 18.2 Å². The fourth-order valence-corrected chi connectivity index (χ4v) is 1.39. The van der Waals surface area contributed by atoms with E-state index in [0.717, 1.165) is 12.1 Å². The summed E-state index contributed by atoms with van der Waals surface area (Å²) in [6.45, 7) is 1.47. The molecule has 1 aromatic carbocycles. The Morgan fingerprint density at radius 3 is 2.39 bits per heavy atom. The van der Waals surface area contributed by atoms with Gasteiger partial charge in [-0.25, -0.2) is 0 Å². The molecule has 0 aliphatic heterocycles. The lowest BCUT2D eigenvalue weighted by molar-refractivity contribution is -0.275. The molecule has 3 nitrogen and oxygen atoms in total. The highest BCUT2D eigenvalue weighted by atomic mass is 35.5. The smallest absolute Gasteiger partial charge is 0.493 e. The molecule has 1 aromatic rings. The molecular formula is C11H10ClF3O3. The molecule has 0 bridgehead atoms. The number of halogens is 4. The minimum Gasteiger partial charge on any atom is -0.493 e. The van der Waals surface area contributed by atoms with E-state index in [1.54, 1.807) is 0 Å². The molecule has 0 spiro atoms. The van der Waals surface area contributed by atoms with Crippen LogP contribution in [0.4, 0.5) is 13.2 Å². The van der Waals surface area contributed by atoms with Crippen molar-refractivity contribution >= 4 is 17.4 Å². The third-order valence-corrected chi connectivity index (χ3v) is 2.23. The summed E-state index contributed by atoms with van der Waals surface area (Å²) in [5.74, 6) is -1.10. The van der Waals surface area contributed by atoms with Gasteiger partial charge in [-0.05, 0) is 25.1 Å². The second kappa shape index (κ2) is 5.48. The van der Waals surface area contributed by atoms with E-state index < -0.39 is 23.3 Å². The predicted molar refractivity (Wildman–Crippen MR) is 59.3 cm³/mol. The Morgan fingerprint density at radius 2 is 1.94 bits per heavy atom. The van der Waals surface area contributed by atoms with Crippen molar-refractivity contribution in [3.63, 3.8) is 0 Å². The van der Waals surface area contributed by atoms with Crippen molar-refractivity contribution in [1.82, 2.24) is 0 Å². The largest absolute Gasteiger partial charge is 0.573 e. The Labute approximate surface area is 106 Å². The minimum atomic E-state index is -4.82. The molecular weight excluding hydrogens is 273 g/mol. The summed E-state index contributed by atoms with van der Waals surface area (Å²) in [6.07, 6.45) is -4.82. The molecule has 0 N–H and O–H groups in total. The molecule has 1 unspecified atom stereocenters. The van der Waals surface area contributed by atoms with Gasteiger partial charge < -0.3 is 9.47 Å². The molecule has 0 radical (unpaired) electrons. The molecule has 0 saturated heterocycles. The van der Waals surface area contributed by atoms with Crippen molar-refractivity contribution in [3.05, 3.63) is 23.8 Å². The fourth-order valence-electron chi connectivity index (χ4n) is 1.26. The first kappa shape index (κ1) is 14.6. The molecule has 18 heavy (non-hydrogen) atoms. The van der Waals surface area contributed by atoms with Crippen LogP contribution in [0.2, 0.25) is 0 Å². The summed E-state index contributed by atoms with van der Waals surface area (Å²) in [7, 11) is 1.18. The molecule has 0 heterocycles. The number of benzene rings is 1. The molecule has 7 heteroatoms. The van der Waals surface area contributed by atoms with Crippen LogP contribution in [0.3, 0.4) is 0 Å². The van der Waals surface area contributed by atoms with Crippen LogP contribution in [-0.2, 0) is 0 Å². The van der Waals surface area contributed by atoms with Crippen LogP contribution in [0.25, 0.3) is 0 Å². The standard InChI is InChI=1S/C11H10ClF3O3/c1-6(12)10(16)7-3-4-8(9(5-7)17-2)18-11(13,14)15/h3-6H,1-2H3. The second-order valence-electron chi connectivity index (χ2n) is 3.39. The Balaban J connectivity index is 3.08. The number of alkyl halides is 4. The zero-order chi connectivity index (χ0) is 13.9. The maximum absolute atomic E-state index is 12.1. The van der Waals surface area contributed by atoms with Crippen LogP contribution in [0.5, 0.6) is 11.5 Å². The number of hydrogen-bond donors (Lipinski definition) is 0. The van der Waals surface area contributed by atoms with Gasteiger partial charge in [0.2, 0.25) is 0 Å². The van der Waals surface area contributed by atoms with Crippen molar-refractivity contribution in [2.24, 2.45) is 0 Å². The van der Waals surface area contributed by atoms with Gasteiger partial charge in [0, 0.05) is 5.56 Å². The highest BCUT2D eigenvalue weighted by molar-refractivity contribution is 6.33. The average molecular weight is 283 g/mol. The first-order valence-corrected chi connectivity index (χ1v) is 5.30. The highest BCUT2D eigenvalue weighted by Crippen LogP contribution is 2.33. The molecule has 0 aliphatic rings. The van der Waals surface area contributed by atoms with Crippen molar-refractivity contribution in [1.29, 1.82) is 0 Å². The topological polar surface area (TPSA) is 35.5 Å². The molecule has 0 saturated carbocycles. The Kier molecular flexibility index (Phi) is 4.45. The molecule has 0 aliphatic carbocycles. The van der Waals surface area contributed by atoms with E-state index in [1.165, 1.54) is 20.1 Å². The van der Waals surface area contributed by atoms with Crippen LogP contribution in [0, 0.1) is 0 Å². The maximum Gasteiger partial charge on any atom is 0.573 e. The third-order valence-electron chi connectivity index (χ3n) is 2.04. The Bertz CT molecular complexity index is 444. The van der Waals surface area contributed by atoms with Crippen molar-refractivity contribution < 1.29 is 27.4 Å². The van der Waals surface area contributed by atoms with Crippen molar-refractivity contribution in [2.75, 3.05) is 7.11 Å². The van der Waals surface area contributed by atoms with Crippen LogP contribution in [-0.4, -0.2) is 24.6 Å². The van der Waals surface area contributed by atoms with Gasteiger partial charge >= 0.3 is 6.36 Å². The monoisotopic (exact) mass is 282 g/mol. The number of ketones is 1. The first-order valence-electron chi connectivity index (χ1n) is 4.86. The number of Topliss-reactive ketones (excluding diaryl/α,β-unsaturated/α-hetero) is 1. The van der Waals surface area contributed by atoms with Gasteiger partial charge in [0.05, 0.1) is 12.5 Å². The second-order valence-corrected chi connectivity index (χ2v) is 4.05. The Morgan fingerprint density at radius 1 is 1.33 bits per heavy atom. The van der Waals surface area contributed by atoms with Gasteiger partial charge in [-0.15, -0.1) is 24.8 Å².